The monoisotopic (exact) mass is 336 g/mol. The predicted octanol–water partition coefficient (Wildman–Crippen LogP) is 0.826. The summed E-state index contributed by atoms with van der Waals surface area (Å²) in [5, 5.41) is 29.3. The number of rotatable bonds is 1. The molecule has 0 spiro atoms. The molecule has 8 nitrogen and oxygen atoms in total. The second kappa shape index (κ2) is 4.54. The van der Waals surface area contributed by atoms with Crippen LogP contribution in [0.15, 0.2) is 29.2 Å². The maximum Gasteiger partial charge on any atom is 0.298 e. The van der Waals surface area contributed by atoms with Crippen molar-refractivity contribution in [2.24, 2.45) is 0 Å². The number of phenolic OH excluding ortho intramolecular Hbond substituents is 3. The largest absolute Gasteiger partial charge is 0.508 e. The van der Waals surface area contributed by atoms with Crippen molar-refractivity contribution in [3.63, 3.8) is 0 Å². The van der Waals surface area contributed by atoms with Crippen LogP contribution in [0.1, 0.15) is 31.8 Å². The van der Waals surface area contributed by atoms with Gasteiger partial charge >= 0.3 is 0 Å². The van der Waals surface area contributed by atoms with Gasteiger partial charge in [-0.3, -0.25) is 14.1 Å². The van der Waals surface area contributed by atoms with Gasteiger partial charge in [-0.1, -0.05) is 0 Å². The highest BCUT2D eigenvalue weighted by atomic mass is 32.2. The lowest BCUT2D eigenvalue weighted by Crippen LogP contribution is -2.22. The molecule has 1 aliphatic carbocycles. The lowest BCUT2D eigenvalue weighted by atomic mass is 9.83. The number of phenols is 3. The van der Waals surface area contributed by atoms with Crippen molar-refractivity contribution in [2.75, 3.05) is 0 Å². The number of hydrogen-bond acceptors (Lipinski definition) is 7. The SMILES string of the molecule is O=C1c2cc(O)ccc2C(=O)c2c(O)c(S(=O)(=O)O)cc(O)c21. The standard InChI is InChI=1S/C14H8O8S/c15-5-1-2-6-7(3-5)13(18)10-8(16)4-9(23(20,21)22)14(19)11(10)12(6)17/h1-4,15-16,19H,(H,20,21,22). The molecular weight excluding hydrogens is 328 g/mol. The average molecular weight is 336 g/mol. The number of benzene rings is 2. The topological polar surface area (TPSA) is 149 Å². The van der Waals surface area contributed by atoms with Gasteiger partial charge in [-0.05, 0) is 18.2 Å². The van der Waals surface area contributed by atoms with Crippen LogP contribution in [-0.4, -0.2) is 39.9 Å². The van der Waals surface area contributed by atoms with Gasteiger partial charge in [-0.2, -0.15) is 8.42 Å². The highest BCUT2D eigenvalue weighted by molar-refractivity contribution is 7.86. The molecule has 0 fully saturated rings. The molecule has 0 aliphatic heterocycles. The number of carbonyl (C=O) groups is 2. The summed E-state index contributed by atoms with van der Waals surface area (Å²) in [6.07, 6.45) is 0. The van der Waals surface area contributed by atoms with Crippen LogP contribution in [-0.2, 0) is 10.1 Å². The Labute approximate surface area is 129 Å². The van der Waals surface area contributed by atoms with Gasteiger partial charge in [-0.15, -0.1) is 0 Å². The first kappa shape index (κ1) is 15.0. The molecule has 0 amide bonds. The summed E-state index contributed by atoms with van der Waals surface area (Å²) in [7, 11) is -4.93. The van der Waals surface area contributed by atoms with E-state index in [-0.39, 0.29) is 16.9 Å². The number of ketones is 2. The molecule has 0 unspecified atom stereocenters. The zero-order chi connectivity index (χ0) is 17.1. The van der Waals surface area contributed by atoms with Crippen molar-refractivity contribution < 1.29 is 37.9 Å². The quantitative estimate of drug-likeness (QED) is 0.377. The summed E-state index contributed by atoms with van der Waals surface area (Å²) >= 11 is 0. The van der Waals surface area contributed by atoms with E-state index in [2.05, 4.69) is 0 Å². The second-order valence-corrected chi connectivity index (χ2v) is 6.25. The van der Waals surface area contributed by atoms with E-state index in [0.29, 0.717) is 6.07 Å². The highest BCUT2D eigenvalue weighted by Crippen LogP contribution is 2.41. The fraction of sp³-hybridized carbons (Fsp3) is 0. The van der Waals surface area contributed by atoms with E-state index in [0.717, 1.165) is 18.2 Å². The van der Waals surface area contributed by atoms with Crippen molar-refractivity contribution in [3.8, 4) is 17.2 Å². The molecule has 9 heteroatoms. The van der Waals surface area contributed by atoms with Crippen LogP contribution in [0.2, 0.25) is 0 Å². The number of carbonyl (C=O) groups excluding carboxylic acids is 2. The molecule has 0 atom stereocenters. The van der Waals surface area contributed by atoms with Crippen LogP contribution >= 0.6 is 0 Å². The summed E-state index contributed by atoms with van der Waals surface area (Å²) < 4.78 is 31.5. The molecule has 0 radical (unpaired) electrons. The molecule has 0 heterocycles. The summed E-state index contributed by atoms with van der Waals surface area (Å²) in [6, 6.07) is 3.76. The van der Waals surface area contributed by atoms with Gasteiger partial charge in [0.25, 0.3) is 10.1 Å². The molecule has 0 aromatic heterocycles. The molecule has 0 saturated heterocycles. The minimum Gasteiger partial charge on any atom is -0.508 e. The summed E-state index contributed by atoms with van der Waals surface area (Å²) in [6.45, 7) is 0. The third kappa shape index (κ3) is 2.05. The van der Waals surface area contributed by atoms with Gasteiger partial charge < -0.3 is 15.3 Å². The summed E-state index contributed by atoms with van der Waals surface area (Å²) in [4.78, 5) is 23.7. The Morgan fingerprint density at radius 3 is 2.04 bits per heavy atom. The van der Waals surface area contributed by atoms with Crippen LogP contribution in [0.25, 0.3) is 0 Å². The van der Waals surface area contributed by atoms with Crippen LogP contribution in [0.5, 0.6) is 17.2 Å². The lowest BCUT2D eigenvalue weighted by molar-refractivity contribution is 0.0973. The summed E-state index contributed by atoms with van der Waals surface area (Å²) in [5.74, 6) is -4.10. The third-order valence-electron chi connectivity index (χ3n) is 3.47. The molecular formula is C14H8O8S. The van der Waals surface area contributed by atoms with E-state index in [1.807, 2.05) is 0 Å². The van der Waals surface area contributed by atoms with Crippen LogP contribution in [0.3, 0.4) is 0 Å². The van der Waals surface area contributed by atoms with Crippen LogP contribution in [0.4, 0.5) is 0 Å². The van der Waals surface area contributed by atoms with Crippen LogP contribution in [0, 0.1) is 0 Å². The summed E-state index contributed by atoms with van der Waals surface area (Å²) in [5.41, 5.74) is -1.70. The van der Waals surface area contributed by atoms with Crippen molar-refractivity contribution in [2.45, 2.75) is 4.90 Å². The third-order valence-corrected chi connectivity index (χ3v) is 4.34. The fourth-order valence-electron chi connectivity index (χ4n) is 2.47. The number of hydrogen-bond donors (Lipinski definition) is 4. The molecule has 4 N–H and O–H groups in total. The maximum absolute atomic E-state index is 12.4. The maximum atomic E-state index is 12.4. The smallest absolute Gasteiger partial charge is 0.298 e. The van der Waals surface area contributed by atoms with Crippen molar-refractivity contribution in [1.82, 2.24) is 0 Å². The minimum absolute atomic E-state index is 0.178. The molecule has 0 bridgehead atoms. The molecule has 0 saturated carbocycles. The Balaban J connectivity index is 2.42. The fourth-order valence-corrected chi connectivity index (χ4v) is 3.08. The Bertz CT molecular complexity index is 1000. The molecule has 2 aromatic rings. The lowest BCUT2D eigenvalue weighted by Gasteiger charge is -2.20. The van der Waals surface area contributed by atoms with E-state index < -0.39 is 49.2 Å². The average Bonchev–Trinajstić information content (AvgIpc) is 2.45. The van der Waals surface area contributed by atoms with Crippen molar-refractivity contribution >= 4 is 21.7 Å². The Hall–Kier alpha value is -2.91. The Morgan fingerprint density at radius 1 is 0.826 bits per heavy atom. The number of fused-ring (bicyclic) bond motifs is 2. The van der Waals surface area contributed by atoms with Crippen LogP contribution < -0.4 is 0 Å². The predicted molar refractivity (Wildman–Crippen MR) is 74.6 cm³/mol. The normalized spacial score (nSPS) is 13.6. The van der Waals surface area contributed by atoms with Crippen molar-refractivity contribution in [3.05, 3.63) is 46.5 Å². The van der Waals surface area contributed by atoms with E-state index in [1.165, 1.54) is 0 Å². The van der Waals surface area contributed by atoms with E-state index in [9.17, 15) is 33.3 Å². The minimum atomic E-state index is -4.93. The van der Waals surface area contributed by atoms with E-state index in [4.69, 9.17) is 4.55 Å². The molecule has 3 rings (SSSR count). The first-order valence-electron chi connectivity index (χ1n) is 6.11. The van der Waals surface area contributed by atoms with Gasteiger partial charge in [0.05, 0.1) is 11.1 Å². The van der Waals surface area contributed by atoms with Gasteiger partial charge in [0.15, 0.2) is 11.6 Å². The first-order valence-corrected chi connectivity index (χ1v) is 7.55. The van der Waals surface area contributed by atoms with E-state index >= 15 is 0 Å². The number of aromatic hydroxyl groups is 3. The Kier molecular flexibility index (Phi) is 2.96. The molecule has 118 valence electrons. The van der Waals surface area contributed by atoms with Gasteiger partial charge in [0.1, 0.15) is 22.1 Å². The van der Waals surface area contributed by atoms with Gasteiger partial charge in [-0.25, -0.2) is 0 Å². The zero-order valence-electron chi connectivity index (χ0n) is 11.1. The molecule has 2 aromatic carbocycles. The highest BCUT2D eigenvalue weighted by Gasteiger charge is 2.37. The zero-order valence-corrected chi connectivity index (χ0v) is 12.0. The molecule has 23 heavy (non-hydrogen) atoms. The van der Waals surface area contributed by atoms with Gasteiger partial charge in [0.2, 0.25) is 0 Å². The molecule has 1 aliphatic rings. The second-order valence-electron chi connectivity index (χ2n) is 4.86. The Morgan fingerprint density at radius 2 is 1.43 bits per heavy atom. The van der Waals surface area contributed by atoms with Gasteiger partial charge in [0, 0.05) is 17.2 Å². The van der Waals surface area contributed by atoms with E-state index in [1.54, 1.807) is 0 Å². The van der Waals surface area contributed by atoms with Crippen molar-refractivity contribution in [1.29, 1.82) is 0 Å². The first-order chi connectivity index (χ1) is 10.6.